The molecule has 0 aromatic heterocycles. The maximum absolute atomic E-state index is 5.80. The van der Waals surface area contributed by atoms with Gasteiger partial charge in [-0.3, -0.25) is 4.99 Å². The molecule has 88 valence electrons. The first-order chi connectivity index (χ1) is 7.11. The van der Waals surface area contributed by atoms with Gasteiger partial charge in [0.25, 0.3) is 0 Å². The third-order valence-electron chi connectivity index (χ3n) is 2.76. The van der Waals surface area contributed by atoms with Gasteiger partial charge in [0.2, 0.25) is 0 Å². The van der Waals surface area contributed by atoms with Crippen LogP contribution in [0.4, 0.5) is 0 Å². The van der Waals surface area contributed by atoms with Crippen molar-refractivity contribution in [1.29, 1.82) is 0 Å². The first kappa shape index (κ1) is 12.3. The van der Waals surface area contributed by atoms with Crippen molar-refractivity contribution >= 4 is 5.96 Å². The van der Waals surface area contributed by atoms with Crippen LogP contribution in [0, 0.1) is 0 Å². The number of rotatable bonds is 3. The average Bonchev–Trinajstić information content (AvgIpc) is 2.17. The van der Waals surface area contributed by atoms with Gasteiger partial charge in [0, 0.05) is 19.1 Å². The zero-order valence-corrected chi connectivity index (χ0v) is 10.2. The van der Waals surface area contributed by atoms with Gasteiger partial charge in [-0.2, -0.15) is 0 Å². The van der Waals surface area contributed by atoms with Crippen molar-refractivity contribution in [1.82, 2.24) is 10.2 Å². The number of guanidine groups is 1. The summed E-state index contributed by atoms with van der Waals surface area (Å²) in [5.41, 5.74) is 5.80. The SMILES string of the molecule is CCN1CCC(N=C(N)NC(C)C)CC1. The summed E-state index contributed by atoms with van der Waals surface area (Å²) in [5, 5.41) is 3.13. The summed E-state index contributed by atoms with van der Waals surface area (Å²) in [7, 11) is 0. The van der Waals surface area contributed by atoms with Crippen LogP contribution in [0.25, 0.3) is 0 Å². The number of hydrogen-bond acceptors (Lipinski definition) is 2. The lowest BCUT2D eigenvalue weighted by Gasteiger charge is -2.29. The van der Waals surface area contributed by atoms with Crippen molar-refractivity contribution in [2.24, 2.45) is 10.7 Å². The summed E-state index contributed by atoms with van der Waals surface area (Å²) in [6.07, 6.45) is 2.27. The fourth-order valence-electron chi connectivity index (χ4n) is 1.89. The zero-order valence-electron chi connectivity index (χ0n) is 10.2. The van der Waals surface area contributed by atoms with E-state index < -0.39 is 0 Å². The minimum Gasteiger partial charge on any atom is -0.370 e. The summed E-state index contributed by atoms with van der Waals surface area (Å²) in [4.78, 5) is 6.96. The van der Waals surface area contributed by atoms with E-state index in [1.165, 1.54) is 0 Å². The quantitative estimate of drug-likeness (QED) is 0.537. The van der Waals surface area contributed by atoms with Crippen LogP contribution in [-0.4, -0.2) is 42.6 Å². The number of aliphatic imine (C=N–C) groups is 1. The highest BCUT2D eigenvalue weighted by Crippen LogP contribution is 2.12. The molecule has 0 aromatic rings. The third-order valence-corrected chi connectivity index (χ3v) is 2.76. The van der Waals surface area contributed by atoms with Crippen molar-refractivity contribution in [3.63, 3.8) is 0 Å². The van der Waals surface area contributed by atoms with Crippen LogP contribution in [0.15, 0.2) is 4.99 Å². The molecule has 0 unspecified atom stereocenters. The normalized spacial score (nSPS) is 20.9. The van der Waals surface area contributed by atoms with Gasteiger partial charge in [0.15, 0.2) is 5.96 Å². The van der Waals surface area contributed by atoms with Crippen molar-refractivity contribution in [2.75, 3.05) is 19.6 Å². The highest BCUT2D eigenvalue weighted by molar-refractivity contribution is 5.78. The first-order valence-electron chi connectivity index (χ1n) is 5.94. The Labute approximate surface area is 92.9 Å². The maximum Gasteiger partial charge on any atom is 0.189 e. The highest BCUT2D eigenvalue weighted by atomic mass is 15.2. The molecule has 0 aliphatic carbocycles. The Bertz CT molecular complexity index is 205. The molecule has 1 rings (SSSR count). The zero-order chi connectivity index (χ0) is 11.3. The Kier molecular flexibility index (Phi) is 4.88. The Morgan fingerprint density at radius 3 is 2.53 bits per heavy atom. The van der Waals surface area contributed by atoms with Crippen LogP contribution < -0.4 is 11.1 Å². The summed E-state index contributed by atoms with van der Waals surface area (Å²) in [6.45, 7) is 9.80. The van der Waals surface area contributed by atoms with Gasteiger partial charge in [0.1, 0.15) is 0 Å². The van der Waals surface area contributed by atoms with Crippen molar-refractivity contribution in [2.45, 2.75) is 45.7 Å². The van der Waals surface area contributed by atoms with E-state index in [9.17, 15) is 0 Å². The van der Waals surface area contributed by atoms with Gasteiger partial charge in [0.05, 0.1) is 6.04 Å². The molecule has 15 heavy (non-hydrogen) atoms. The predicted molar refractivity (Wildman–Crippen MR) is 65.0 cm³/mol. The third kappa shape index (κ3) is 4.51. The lowest BCUT2D eigenvalue weighted by molar-refractivity contribution is 0.224. The molecule has 4 heteroatoms. The van der Waals surface area contributed by atoms with Crippen molar-refractivity contribution in [3.05, 3.63) is 0 Å². The standard InChI is InChI=1S/C11H24N4/c1-4-15-7-5-10(6-8-15)14-11(12)13-9(2)3/h9-10H,4-8H2,1-3H3,(H3,12,13,14). The van der Waals surface area contributed by atoms with Gasteiger partial charge in [-0.15, -0.1) is 0 Å². The summed E-state index contributed by atoms with van der Waals surface area (Å²) >= 11 is 0. The molecule has 0 radical (unpaired) electrons. The average molecular weight is 212 g/mol. The van der Waals surface area contributed by atoms with Gasteiger partial charge >= 0.3 is 0 Å². The van der Waals surface area contributed by atoms with Crippen molar-refractivity contribution in [3.8, 4) is 0 Å². The fourth-order valence-corrected chi connectivity index (χ4v) is 1.89. The lowest BCUT2D eigenvalue weighted by Crippen LogP contribution is -2.40. The van der Waals surface area contributed by atoms with Gasteiger partial charge in [-0.25, -0.2) is 0 Å². The molecule has 0 atom stereocenters. The molecule has 1 heterocycles. The Morgan fingerprint density at radius 2 is 2.07 bits per heavy atom. The van der Waals surface area contributed by atoms with E-state index in [4.69, 9.17) is 5.73 Å². The van der Waals surface area contributed by atoms with Crippen LogP contribution in [0.1, 0.15) is 33.6 Å². The molecule has 0 saturated carbocycles. The smallest absolute Gasteiger partial charge is 0.189 e. The maximum atomic E-state index is 5.80. The van der Waals surface area contributed by atoms with E-state index in [2.05, 4.69) is 36.0 Å². The molecule has 3 N–H and O–H groups in total. The van der Waals surface area contributed by atoms with Crippen LogP contribution in [-0.2, 0) is 0 Å². The second kappa shape index (κ2) is 5.95. The molecular weight excluding hydrogens is 188 g/mol. The molecule has 1 saturated heterocycles. The van der Waals surface area contributed by atoms with Crippen molar-refractivity contribution < 1.29 is 0 Å². The number of piperidine rings is 1. The van der Waals surface area contributed by atoms with E-state index >= 15 is 0 Å². The molecule has 0 spiro atoms. The van der Waals surface area contributed by atoms with E-state index in [0.29, 0.717) is 18.0 Å². The number of likely N-dealkylation sites (tertiary alicyclic amines) is 1. The molecule has 4 nitrogen and oxygen atoms in total. The highest BCUT2D eigenvalue weighted by Gasteiger charge is 2.17. The van der Waals surface area contributed by atoms with Gasteiger partial charge in [-0.05, 0) is 33.2 Å². The molecule has 1 aliphatic rings. The molecular formula is C11H24N4. The minimum atomic E-state index is 0.365. The second-order valence-electron chi connectivity index (χ2n) is 4.48. The molecule has 0 bridgehead atoms. The van der Waals surface area contributed by atoms with Gasteiger partial charge < -0.3 is 16.0 Å². The lowest BCUT2D eigenvalue weighted by atomic mass is 10.1. The summed E-state index contributed by atoms with van der Waals surface area (Å²) in [5.74, 6) is 0.597. The van der Waals surface area contributed by atoms with Crippen LogP contribution in [0.5, 0.6) is 0 Å². The van der Waals surface area contributed by atoms with Crippen LogP contribution in [0.2, 0.25) is 0 Å². The Balaban J connectivity index is 2.33. The molecule has 1 aliphatic heterocycles. The summed E-state index contributed by atoms with van der Waals surface area (Å²) < 4.78 is 0. The van der Waals surface area contributed by atoms with Gasteiger partial charge in [-0.1, -0.05) is 6.92 Å². The van der Waals surface area contributed by atoms with E-state index in [1.807, 2.05) is 0 Å². The first-order valence-corrected chi connectivity index (χ1v) is 5.94. The predicted octanol–water partition coefficient (Wildman–Crippen LogP) is 0.783. The van der Waals surface area contributed by atoms with E-state index in [0.717, 1.165) is 32.5 Å². The summed E-state index contributed by atoms with van der Waals surface area (Å²) in [6, 6.07) is 0.781. The number of nitrogens with one attached hydrogen (secondary N) is 1. The Morgan fingerprint density at radius 1 is 1.47 bits per heavy atom. The largest absolute Gasteiger partial charge is 0.370 e. The molecule has 1 fully saturated rings. The van der Waals surface area contributed by atoms with E-state index in [-0.39, 0.29) is 0 Å². The molecule has 0 amide bonds. The monoisotopic (exact) mass is 212 g/mol. The van der Waals surface area contributed by atoms with E-state index in [1.54, 1.807) is 0 Å². The molecule has 0 aromatic carbocycles. The number of nitrogens with two attached hydrogens (primary N) is 1. The van der Waals surface area contributed by atoms with Crippen LogP contribution in [0.3, 0.4) is 0 Å². The number of hydrogen-bond donors (Lipinski definition) is 2. The second-order valence-corrected chi connectivity index (χ2v) is 4.48. The minimum absolute atomic E-state index is 0.365. The topological polar surface area (TPSA) is 53.6 Å². The fraction of sp³-hybridized carbons (Fsp3) is 0.909. The Hall–Kier alpha value is -0.770. The van der Waals surface area contributed by atoms with Crippen LogP contribution >= 0.6 is 0 Å². The number of nitrogens with zero attached hydrogens (tertiary/aromatic N) is 2.